The van der Waals surface area contributed by atoms with Crippen LogP contribution in [0.15, 0.2) is 18.2 Å². The predicted octanol–water partition coefficient (Wildman–Crippen LogP) is 3.07. The summed E-state index contributed by atoms with van der Waals surface area (Å²) in [6, 6.07) is 6.33. The Labute approximate surface area is 124 Å². The molecule has 106 valence electrons. The molecule has 2 aromatic rings. The van der Waals surface area contributed by atoms with E-state index >= 15 is 0 Å². The summed E-state index contributed by atoms with van der Waals surface area (Å²) >= 11 is 6.30. The van der Waals surface area contributed by atoms with Gasteiger partial charge in [0.05, 0.1) is 11.3 Å². The van der Waals surface area contributed by atoms with E-state index in [1.807, 2.05) is 14.0 Å². The lowest BCUT2D eigenvalue weighted by atomic mass is 9.88. The average molecular weight is 291 g/mol. The fourth-order valence-corrected chi connectivity index (χ4v) is 3.41. The number of nitrogens with zero attached hydrogens (tertiary/aromatic N) is 2. The van der Waals surface area contributed by atoms with Crippen LogP contribution in [0.4, 0.5) is 0 Å². The largest absolute Gasteiger partial charge is 0.385 e. The van der Waals surface area contributed by atoms with Crippen molar-refractivity contribution in [3.8, 4) is 0 Å². The Bertz CT molecular complexity index is 677. The topological polar surface area (TPSA) is 38.1 Å². The number of hydrogen-bond donors (Lipinski definition) is 1. The van der Waals surface area contributed by atoms with Crippen LogP contribution in [-0.4, -0.2) is 14.9 Å². The van der Waals surface area contributed by atoms with Gasteiger partial charge in [-0.3, -0.25) is 4.68 Å². The van der Waals surface area contributed by atoms with E-state index in [-0.39, 0.29) is 0 Å². The number of halogens is 1. The lowest BCUT2D eigenvalue weighted by Crippen LogP contribution is -2.25. The second-order valence-electron chi connectivity index (χ2n) is 5.85. The van der Waals surface area contributed by atoms with Gasteiger partial charge < -0.3 is 5.11 Å². The summed E-state index contributed by atoms with van der Waals surface area (Å²) in [6.45, 7) is 4.00. The third kappa shape index (κ3) is 2.05. The first-order chi connectivity index (χ1) is 9.40. The van der Waals surface area contributed by atoms with Crippen molar-refractivity contribution in [3.05, 3.63) is 51.3 Å². The van der Waals surface area contributed by atoms with Gasteiger partial charge in [-0.1, -0.05) is 35.4 Å². The second kappa shape index (κ2) is 4.61. The Hall–Kier alpha value is -1.32. The Morgan fingerprint density at radius 2 is 2.15 bits per heavy atom. The normalized spacial score (nSPS) is 21.2. The van der Waals surface area contributed by atoms with E-state index in [0.717, 1.165) is 29.7 Å². The van der Waals surface area contributed by atoms with Crippen LogP contribution in [0.5, 0.6) is 0 Å². The molecule has 3 nitrogen and oxygen atoms in total. The maximum atomic E-state index is 11.1. The Morgan fingerprint density at radius 1 is 1.40 bits per heavy atom. The monoisotopic (exact) mass is 290 g/mol. The standard InChI is InChI=1S/C16H19ClN2O/c1-10-4-5-12-6-7-16(20,14(12)8-10)9-13-11(2)18-19(3)15(13)17/h4-5,8,20H,6-7,9H2,1-3H3. The predicted molar refractivity (Wildman–Crippen MR) is 80.1 cm³/mol. The second-order valence-corrected chi connectivity index (χ2v) is 6.21. The average Bonchev–Trinajstić information content (AvgIpc) is 2.83. The zero-order valence-corrected chi connectivity index (χ0v) is 12.8. The molecule has 0 saturated carbocycles. The number of aryl methyl sites for hydroxylation is 4. The first kappa shape index (κ1) is 13.7. The van der Waals surface area contributed by atoms with Crippen molar-refractivity contribution in [1.82, 2.24) is 9.78 Å². The van der Waals surface area contributed by atoms with Crippen LogP contribution < -0.4 is 0 Å². The summed E-state index contributed by atoms with van der Waals surface area (Å²) in [7, 11) is 1.83. The van der Waals surface area contributed by atoms with Gasteiger partial charge in [0.25, 0.3) is 0 Å². The summed E-state index contributed by atoms with van der Waals surface area (Å²) in [5.74, 6) is 0. The van der Waals surface area contributed by atoms with Crippen LogP contribution in [0.1, 0.15) is 34.4 Å². The third-order valence-corrected chi connectivity index (χ3v) is 4.79. The third-order valence-electron chi connectivity index (χ3n) is 4.31. The first-order valence-electron chi connectivity index (χ1n) is 6.91. The molecule has 0 aliphatic heterocycles. The first-order valence-corrected chi connectivity index (χ1v) is 7.29. The number of fused-ring (bicyclic) bond motifs is 1. The van der Waals surface area contributed by atoms with Gasteiger partial charge in [-0.15, -0.1) is 0 Å². The summed E-state index contributed by atoms with van der Waals surface area (Å²) in [5.41, 5.74) is 4.50. The van der Waals surface area contributed by atoms with Gasteiger partial charge in [0.1, 0.15) is 5.15 Å². The van der Waals surface area contributed by atoms with Crippen molar-refractivity contribution in [2.45, 2.75) is 38.7 Å². The molecule has 0 bridgehead atoms. The van der Waals surface area contributed by atoms with Gasteiger partial charge in [-0.05, 0) is 37.8 Å². The van der Waals surface area contributed by atoms with Crippen molar-refractivity contribution in [2.24, 2.45) is 7.05 Å². The molecule has 1 heterocycles. The maximum Gasteiger partial charge on any atom is 0.130 e. The van der Waals surface area contributed by atoms with Crippen molar-refractivity contribution in [2.75, 3.05) is 0 Å². The van der Waals surface area contributed by atoms with E-state index < -0.39 is 5.60 Å². The van der Waals surface area contributed by atoms with Gasteiger partial charge in [-0.25, -0.2) is 0 Å². The molecular weight excluding hydrogens is 272 g/mol. The molecule has 1 unspecified atom stereocenters. The number of rotatable bonds is 2. The van der Waals surface area contributed by atoms with Crippen LogP contribution in [0, 0.1) is 13.8 Å². The molecule has 0 radical (unpaired) electrons. The lowest BCUT2D eigenvalue weighted by Gasteiger charge is -2.24. The van der Waals surface area contributed by atoms with Gasteiger partial charge in [-0.2, -0.15) is 5.10 Å². The van der Waals surface area contributed by atoms with Crippen LogP contribution in [0.3, 0.4) is 0 Å². The highest BCUT2D eigenvalue weighted by molar-refractivity contribution is 6.30. The number of aromatic nitrogens is 2. The molecule has 1 aliphatic rings. The molecule has 4 heteroatoms. The Balaban J connectivity index is 2.02. The molecule has 1 aromatic heterocycles. The highest BCUT2D eigenvalue weighted by Gasteiger charge is 2.38. The molecule has 3 rings (SSSR count). The van der Waals surface area contributed by atoms with E-state index in [2.05, 4.69) is 30.2 Å². The number of benzene rings is 1. The van der Waals surface area contributed by atoms with Gasteiger partial charge in [0.2, 0.25) is 0 Å². The molecular formula is C16H19ClN2O. The van der Waals surface area contributed by atoms with Crippen LogP contribution in [0.25, 0.3) is 0 Å². The van der Waals surface area contributed by atoms with E-state index in [1.54, 1.807) is 4.68 Å². The molecule has 1 N–H and O–H groups in total. The lowest BCUT2D eigenvalue weighted by molar-refractivity contribution is 0.0388. The highest BCUT2D eigenvalue weighted by atomic mass is 35.5. The minimum absolute atomic E-state index is 0.530. The minimum Gasteiger partial charge on any atom is -0.385 e. The van der Waals surface area contributed by atoms with Crippen LogP contribution >= 0.6 is 11.6 Å². The quantitative estimate of drug-likeness (QED) is 0.923. The molecule has 20 heavy (non-hydrogen) atoms. The molecule has 0 amide bonds. The van der Waals surface area contributed by atoms with Gasteiger partial charge >= 0.3 is 0 Å². The summed E-state index contributed by atoms with van der Waals surface area (Å²) in [4.78, 5) is 0. The Morgan fingerprint density at radius 3 is 2.80 bits per heavy atom. The molecule has 0 fully saturated rings. The summed E-state index contributed by atoms with van der Waals surface area (Å²) in [5, 5.41) is 16.0. The van der Waals surface area contributed by atoms with E-state index in [1.165, 1.54) is 11.1 Å². The zero-order chi connectivity index (χ0) is 14.5. The van der Waals surface area contributed by atoms with Crippen LogP contribution in [0.2, 0.25) is 5.15 Å². The molecule has 1 atom stereocenters. The highest BCUT2D eigenvalue weighted by Crippen LogP contribution is 2.41. The van der Waals surface area contributed by atoms with Gasteiger partial charge in [0.15, 0.2) is 0 Å². The van der Waals surface area contributed by atoms with Crippen molar-refractivity contribution < 1.29 is 5.11 Å². The molecule has 1 aromatic carbocycles. The molecule has 0 saturated heterocycles. The van der Waals surface area contributed by atoms with E-state index in [9.17, 15) is 5.11 Å². The SMILES string of the molecule is Cc1ccc2c(c1)C(O)(Cc1c(C)nn(C)c1Cl)CC2. The fourth-order valence-electron chi connectivity index (χ4n) is 3.17. The van der Waals surface area contributed by atoms with Crippen molar-refractivity contribution in [1.29, 1.82) is 0 Å². The molecule has 1 aliphatic carbocycles. The molecule has 0 spiro atoms. The maximum absolute atomic E-state index is 11.1. The van der Waals surface area contributed by atoms with E-state index in [0.29, 0.717) is 11.6 Å². The summed E-state index contributed by atoms with van der Waals surface area (Å²) in [6.07, 6.45) is 2.20. The zero-order valence-electron chi connectivity index (χ0n) is 12.1. The Kier molecular flexibility index (Phi) is 3.14. The smallest absolute Gasteiger partial charge is 0.130 e. The minimum atomic E-state index is -0.821. The van der Waals surface area contributed by atoms with Crippen molar-refractivity contribution in [3.63, 3.8) is 0 Å². The van der Waals surface area contributed by atoms with Gasteiger partial charge in [0, 0.05) is 19.0 Å². The number of hydrogen-bond acceptors (Lipinski definition) is 2. The summed E-state index contributed by atoms with van der Waals surface area (Å²) < 4.78 is 1.67. The number of aliphatic hydroxyl groups is 1. The van der Waals surface area contributed by atoms with Crippen LogP contribution in [-0.2, 0) is 25.5 Å². The van der Waals surface area contributed by atoms with E-state index in [4.69, 9.17) is 11.6 Å². The fraction of sp³-hybridized carbons (Fsp3) is 0.438. The van der Waals surface area contributed by atoms with Crippen molar-refractivity contribution >= 4 is 11.6 Å².